The van der Waals surface area contributed by atoms with Crippen LogP contribution < -0.4 is 4.72 Å². The molecule has 6 heteroatoms. The molecule has 1 heterocycles. The van der Waals surface area contributed by atoms with Gasteiger partial charge in [0.05, 0.1) is 4.90 Å². The van der Waals surface area contributed by atoms with Gasteiger partial charge in [-0.25, -0.2) is 13.1 Å². The SMILES string of the molecule is CC1(C)C[C@H]2C[C@@](C)(CN2C(=O)C2CCC(CNS(=O)(=O)c3ccccc3)CC2)C1. The van der Waals surface area contributed by atoms with Crippen LogP contribution in [-0.4, -0.2) is 38.4 Å². The molecule has 0 unspecified atom stereocenters. The van der Waals surface area contributed by atoms with Crippen molar-refractivity contribution in [1.82, 2.24) is 9.62 Å². The van der Waals surface area contributed by atoms with Crippen molar-refractivity contribution in [3.8, 4) is 0 Å². The van der Waals surface area contributed by atoms with Crippen LogP contribution in [0.1, 0.15) is 65.7 Å². The standard InChI is InChI=1S/C24H36N2O3S/c1-23(2)13-20-14-24(3,16-23)17-26(20)22(27)19-11-9-18(10-12-19)15-25-30(28,29)21-7-5-4-6-8-21/h4-8,18-20,25H,9-17H2,1-3H3/t18?,19?,20-,24+/m0/s1. The van der Waals surface area contributed by atoms with Crippen LogP contribution in [0.5, 0.6) is 0 Å². The van der Waals surface area contributed by atoms with Crippen molar-refractivity contribution in [2.75, 3.05) is 13.1 Å². The van der Waals surface area contributed by atoms with Gasteiger partial charge in [0.2, 0.25) is 15.9 Å². The molecular weight excluding hydrogens is 396 g/mol. The number of hydrogen-bond donors (Lipinski definition) is 1. The molecule has 4 rings (SSSR count). The minimum atomic E-state index is -3.46. The third-order valence-corrected chi connectivity index (χ3v) is 8.95. The van der Waals surface area contributed by atoms with Crippen molar-refractivity contribution >= 4 is 15.9 Å². The Morgan fingerprint density at radius 2 is 1.73 bits per heavy atom. The number of fused-ring (bicyclic) bond motifs is 2. The van der Waals surface area contributed by atoms with Gasteiger partial charge >= 0.3 is 0 Å². The number of amides is 1. The molecule has 0 aromatic heterocycles. The van der Waals surface area contributed by atoms with E-state index in [0.29, 0.717) is 34.7 Å². The second-order valence-electron chi connectivity index (χ2n) is 11.1. The van der Waals surface area contributed by atoms with E-state index in [4.69, 9.17) is 0 Å². The first kappa shape index (κ1) is 21.8. The summed E-state index contributed by atoms with van der Waals surface area (Å²) < 4.78 is 27.6. The first-order chi connectivity index (χ1) is 14.1. The summed E-state index contributed by atoms with van der Waals surface area (Å²) in [5, 5.41) is 0. The normalized spacial score (nSPS) is 33.4. The number of rotatable bonds is 5. The van der Waals surface area contributed by atoms with Crippen molar-refractivity contribution in [1.29, 1.82) is 0 Å². The maximum atomic E-state index is 13.3. The number of nitrogens with one attached hydrogen (secondary N) is 1. The van der Waals surface area contributed by atoms with E-state index >= 15 is 0 Å². The molecule has 2 atom stereocenters. The molecule has 1 saturated heterocycles. The van der Waals surface area contributed by atoms with Crippen LogP contribution in [0.4, 0.5) is 0 Å². The number of likely N-dealkylation sites (tertiary alicyclic amines) is 1. The Labute approximate surface area is 181 Å². The highest BCUT2D eigenvalue weighted by Crippen LogP contribution is 2.53. The Morgan fingerprint density at radius 1 is 1.07 bits per heavy atom. The van der Waals surface area contributed by atoms with Crippen LogP contribution in [0.3, 0.4) is 0 Å². The van der Waals surface area contributed by atoms with E-state index in [-0.39, 0.29) is 11.3 Å². The first-order valence-corrected chi connectivity index (χ1v) is 12.9. The molecule has 1 aromatic rings. The molecule has 2 saturated carbocycles. The Bertz CT molecular complexity index is 875. The van der Waals surface area contributed by atoms with E-state index in [1.807, 2.05) is 6.07 Å². The zero-order valence-electron chi connectivity index (χ0n) is 18.6. The Kier molecular flexibility index (Phi) is 5.77. The summed E-state index contributed by atoms with van der Waals surface area (Å²) in [6.07, 6.45) is 7.04. The molecular formula is C24H36N2O3S. The Morgan fingerprint density at radius 3 is 2.40 bits per heavy atom. The van der Waals surface area contributed by atoms with Crippen molar-refractivity contribution in [2.45, 2.75) is 76.7 Å². The molecule has 0 spiro atoms. The summed E-state index contributed by atoms with van der Waals surface area (Å²) in [5.41, 5.74) is 0.593. The average Bonchev–Trinajstić information content (AvgIpc) is 2.95. The van der Waals surface area contributed by atoms with Gasteiger partial charge in [0.1, 0.15) is 0 Å². The molecule has 1 N–H and O–H groups in total. The Hall–Kier alpha value is -1.40. The highest BCUT2D eigenvalue weighted by molar-refractivity contribution is 7.89. The number of carbonyl (C=O) groups excluding carboxylic acids is 1. The average molecular weight is 433 g/mol. The largest absolute Gasteiger partial charge is 0.339 e. The highest BCUT2D eigenvalue weighted by atomic mass is 32.2. The van der Waals surface area contributed by atoms with Crippen LogP contribution in [-0.2, 0) is 14.8 Å². The van der Waals surface area contributed by atoms with Gasteiger partial charge in [-0.05, 0) is 73.8 Å². The van der Waals surface area contributed by atoms with Crippen LogP contribution in [0.2, 0.25) is 0 Å². The molecule has 2 aliphatic carbocycles. The molecule has 1 aliphatic heterocycles. The molecule has 3 fully saturated rings. The third kappa shape index (κ3) is 4.59. The van der Waals surface area contributed by atoms with E-state index in [9.17, 15) is 13.2 Å². The van der Waals surface area contributed by atoms with E-state index < -0.39 is 10.0 Å². The summed E-state index contributed by atoms with van der Waals surface area (Å²) >= 11 is 0. The maximum absolute atomic E-state index is 13.3. The van der Waals surface area contributed by atoms with Gasteiger partial charge in [-0.15, -0.1) is 0 Å². The first-order valence-electron chi connectivity index (χ1n) is 11.4. The topological polar surface area (TPSA) is 66.5 Å². The molecule has 1 aromatic carbocycles. The highest BCUT2D eigenvalue weighted by Gasteiger charge is 2.51. The van der Waals surface area contributed by atoms with Gasteiger partial charge in [-0.1, -0.05) is 39.0 Å². The second kappa shape index (κ2) is 7.94. The number of sulfonamides is 1. The fraction of sp³-hybridized carbons (Fsp3) is 0.708. The van der Waals surface area contributed by atoms with Crippen molar-refractivity contribution in [3.05, 3.63) is 30.3 Å². The quantitative estimate of drug-likeness (QED) is 0.758. The summed E-state index contributed by atoms with van der Waals surface area (Å²) in [6, 6.07) is 8.92. The summed E-state index contributed by atoms with van der Waals surface area (Å²) in [4.78, 5) is 15.8. The zero-order chi connectivity index (χ0) is 21.6. The lowest BCUT2D eigenvalue weighted by atomic mass is 9.65. The third-order valence-electron chi connectivity index (χ3n) is 7.51. The van der Waals surface area contributed by atoms with Crippen LogP contribution in [0.25, 0.3) is 0 Å². The molecule has 1 amide bonds. The number of carbonyl (C=O) groups is 1. The zero-order valence-corrected chi connectivity index (χ0v) is 19.4. The lowest BCUT2D eigenvalue weighted by Gasteiger charge is -2.39. The summed E-state index contributed by atoms with van der Waals surface area (Å²) in [7, 11) is -3.46. The van der Waals surface area contributed by atoms with E-state index in [1.54, 1.807) is 24.3 Å². The van der Waals surface area contributed by atoms with Gasteiger partial charge in [0.15, 0.2) is 0 Å². The van der Waals surface area contributed by atoms with E-state index in [1.165, 1.54) is 6.42 Å². The van der Waals surface area contributed by atoms with Gasteiger partial charge in [0.25, 0.3) is 0 Å². The fourth-order valence-corrected chi connectivity index (χ4v) is 7.61. The van der Waals surface area contributed by atoms with Crippen molar-refractivity contribution in [3.63, 3.8) is 0 Å². The second-order valence-corrected chi connectivity index (χ2v) is 12.8. The van der Waals surface area contributed by atoms with E-state index in [0.717, 1.165) is 45.1 Å². The van der Waals surface area contributed by atoms with Gasteiger partial charge in [-0.2, -0.15) is 0 Å². The fourth-order valence-electron chi connectivity index (χ4n) is 6.48. The number of hydrogen-bond acceptors (Lipinski definition) is 3. The summed E-state index contributed by atoms with van der Waals surface area (Å²) in [6.45, 7) is 8.40. The van der Waals surface area contributed by atoms with Gasteiger partial charge in [0, 0.05) is 25.0 Å². The predicted molar refractivity (Wildman–Crippen MR) is 118 cm³/mol. The van der Waals surface area contributed by atoms with Crippen LogP contribution in [0, 0.1) is 22.7 Å². The van der Waals surface area contributed by atoms with Crippen molar-refractivity contribution in [2.24, 2.45) is 22.7 Å². The van der Waals surface area contributed by atoms with Gasteiger partial charge in [-0.3, -0.25) is 4.79 Å². The number of nitrogens with zero attached hydrogens (tertiary/aromatic N) is 1. The maximum Gasteiger partial charge on any atom is 0.240 e. The molecule has 166 valence electrons. The lowest BCUT2D eigenvalue weighted by molar-refractivity contribution is -0.138. The molecule has 30 heavy (non-hydrogen) atoms. The van der Waals surface area contributed by atoms with Crippen LogP contribution >= 0.6 is 0 Å². The monoisotopic (exact) mass is 432 g/mol. The smallest absolute Gasteiger partial charge is 0.240 e. The number of benzene rings is 1. The lowest BCUT2D eigenvalue weighted by Crippen LogP contribution is -2.42. The van der Waals surface area contributed by atoms with E-state index in [2.05, 4.69) is 30.4 Å². The van der Waals surface area contributed by atoms with Gasteiger partial charge < -0.3 is 4.90 Å². The Balaban J connectivity index is 1.29. The molecule has 3 aliphatic rings. The molecule has 0 radical (unpaired) electrons. The minimum absolute atomic E-state index is 0.109. The van der Waals surface area contributed by atoms with Crippen LogP contribution in [0.15, 0.2) is 35.2 Å². The predicted octanol–water partition coefficient (Wildman–Crippen LogP) is 4.20. The molecule has 5 nitrogen and oxygen atoms in total. The summed E-state index contributed by atoms with van der Waals surface area (Å²) in [5.74, 6) is 0.768. The van der Waals surface area contributed by atoms with Crippen molar-refractivity contribution < 1.29 is 13.2 Å². The molecule has 2 bridgehead atoms. The minimum Gasteiger partial charge on any atom is -0.339 e.